The molecule has 0 aromatic carbocycles. The molecule has 2 aromatic heterocycles. The topological polar surface area (TPSA) is 122 Å². The minimum atomic E-state index is -0.374. The first-order chi connectivity index (χ1) is 13.8. The van der Waals surface area contributed by atoms with Gasteiger partial charge in [0.05, 0.1) is 10.4 Å². The number of rotatable bonds is 8. The SMILES string of the molecule is Cc1ncc(C[n+]2csc(CCNC(=O)CCN3C(=O)C=CC3=O)c2C)c(N)n1. The van der Waals surface area contributed by atoms with Gasteiger partial charge in [0, 0.05) is 51.2 Å². The van der Waals surface area contributed by atoms with Crippen LogP contribution in [0.3, 0.4) is 0 Å². The Bertz CT molecular complexity index is 966. The summed E-state index contributed by atoms with van der Waals surface area (Å²) in [6.07, 6.45) is 4.96. The molecule has 0 atom stereocenters. The van der Waals surface area contributed by atoms with Gasteiger partial charge in [0.15, 0.2) is 12.2 Å². The summed E-state index contributed by atoms with van der Waals surface area (Å²) in [5.74, 6) is 0.186. The van der Waals surface area contributed by atoms with Gasteiger partial charge in [-0.25, -0.2) is 9.97 Å². The predicted molar refractivity (Wildman–Crippen MR) is 107 cm³/mol. The molecule has 29 heavy (non-hydrogen) atoms. The van der Waals surface area contributed by atoms with E-state index in [1.807, 2.05) is 12.4 Å². The Hall–Kier alpha value is -3.14. The van der Waals surface area contributed by atoms with Crippen molar-refractivity contribution in [2.24, 2.45) is 0 Å². The average molecular weight is 415 g/mol. The molecule has 0 bridgehead atoms. The van der Waals surface area contributed by atoms with Gasteiger partial charge >= 0.3 is 0 Å². The van der Waals surface area contributed by atoms with Crippen LogP contribution in [-0.2, 0) is 27.3 Å². The van der Waals surface area contributed by atoms with E-state index in [1.165, 1.54) is 12.2 Å². The quantitative estimate of drug-likeness (QED) is 0.464. The largest absolute Gasteiger partial charge is 0.383 e. The van der Waals surface area contributed by atoms with Gasteiger partial charge in [-0.2, -0.15) is 4.57 Å². The zero-order chi connectivity index (χ0) is 21.0. The monoisotopic (exact) mass is 415 g/mol. The summed E-state index contributed by atoms with van der Waals surface area (Å²) in [6.45, 7) is 4.99. The van der Waals surface area contributed by atoms with Gasteiger partial charge in [-0.05, 0) is 6.92 Å². The number of hydrogen-bond donors (Lipinski definition) is 2. The van der Waals surface area contributed by atoms with Crippen molar-refractivity contribution in [1.29, 1.82) is 0 Å². The van der Waals surface area contributed by atoms with Gasteiger partial charge in [-0.1, -0.05) is 11.3 Å². The van der Waals surface area contributed by atoms with Crippen LogP contribution in [0.1, 0.15) is 28.4 Å². The number of imide groups is 1. The summed E-state index contributed by atoms with van der Waals surface area (Å²) < 4.78 is 2.09. The molecule has 9 nitrogen and oxygen atoms in total. The number of nitrogens with one attached hydrogen (secondary N) is 1. The molecule has 3 N–H and O–H groups in total. The number of amides is 3. The number of nitrogen functional groups attached to an aromatic ring is 1. The summed E-state index contributed by atoms with van der Waals surface area (Å²) in [4.78, 5) is 45.5. The molecule has 1 aliphatic rings. The smallest absolute Gasteiger partial charge is 0.253 e. The molecule has 3 heterocycles. The van der Waals surface area contributed by atoms with E-state index in [1.54, 1.807) is 24.5 Å². The van der Waals surface area contributed by atoms with Crippen LogP contribution in [0.15, 0.2) is 23.9 Å². The van der Waals surface area contributed by atoms with Crippen molar-refractivity contribution in [2.45, 2.75) is 33.2 Å². The molecule has 152 valence electrons. The summed E-state index contributed by atoms with van der Waals surface area (Å²) >= 11 is 1.61. The highest BCUT2D eigenvalue weighted by Gasteiger charge is 2.23. The summed E-state index contributed by atoms with van der Waals surface area (Å²) in [7, 11) is 0. The standard InChI is InChI=1S/C19H22N6O3S/c1-12-15(29-11-24(12)10-14-9-22-13(2)23-19(14)20)5-7-21-16(26)6-8-25-17(27)3-4-18(25)28/h3-4,9,11H,5-8,10H2,1-2H3,(H2-,20,21,22,23,26)/p+1. The van der Waals surface area contributed by atoms with E-state index in [4.69, 9.17) is 5.73 Å². The molecule has 0 radical (unpaired) electrons. The van der Waals surface area contributed by atoms with Gasteiger partial charge in [0.25, 0.3) is 11.8 Å². The number of anilines is 1. The molecule has 1 aliphatic heterocycles. The second-order valence-corrected chi connectivity index (χ2v) is 7.64. The molecule has 0 fully saturated rings. The van der Waals surface area contributed by atoms with Crippen LogP contribution >= 0.6 is 11.3 Å². The number of thiazole rings is 1. The Balaban J connectivity index is 1.47. The fourth-order valence-corrected chi connectivity index (χ4v) is 3.93. The van der Waals surface area contributed by atoms with E-state index in [0.717, 1.165) is 21.0 Å². The maximum absolute atomic E-state index is 12.0. The Kier molecular flexibility index (Phi) is 6.32. The van der Waals surface area contributed by atoms with Crippen molar-refractivity contribution in [3.8, 4) is 0 Å². The van der Waals surface area contributed by atoms with Gasteiger partial charge < -0.3 is 11.1 Å². The van der Waals surface area contributed by atoms with Crippen molar-refractivity contribution in [3.05, 3.63) is 45.8 Å². The average Bonchev–Trinajstić information content (AvgIpc) is 3.18. The maximum Gasteiger partial charge on any atom is 0.253 e. The summed E-state index contributed by atoms with van der Waals surface area (Å²) in [6, 6.07) is 0. The first-order valence-electron chi connectivity index (χ1n) is 9.19. The lowest BCUT2D eigenvalue weighted by Crippen LogP contribution is -2.36. The second-order valence-electron chi connectivity index (χ2n) is 6.70. The number of aryl methyl sites for hydroxylation is 1. The summed E-state index contributed by atoms with van der Waals surface area (Å²) in [5.41, 5.74) is 9.95. The fraction of sp³-hybridized carbons (Fsp3) is 0.368. The third kappa shape index (κ3) is 5.02. The molecule has 0 spiro atoms. The van der Waals surface area contributed by atoms with Gasteiger partial charge in [-0.15, -0.1) is 0 Å². The van der Waals surface area contributed by atoms with Crippen LogP contribution in [0.4, 0.5) is 5.82 Å². The van der Waals surface area contributed by atoms with E-state index in [9.17, 15) is 14.4 Å². The third-order valence-corrected chi connectivity index (χ3v) is 5.80. The highest BCUT2D eigenvalue weighted by molar-refractivity contribution is 7.09. The van der Waals surface area contributed by atoms with E-state index < -0.39 is 0 Å². The Morgan fingerprint density at radius 3 is 2.69 bits per heavy atom. The lowest BCUT2D eigenvalue weighted by atomic mass is 10.2. The fourth-order valence-electron chi connectivity index (χ4n) is 2.93. The zero-order valence-electron chi connectivity index (χ0n) is 16.3. The van der Waals surface area contributed by atoms with Gasteiger partial charge in [0.1, 0.15) is 11.6 Å². The van der Waals surface area contributed by atoms with E-state index in [2.05, 4.69) is 19.9 Å². The van der Waals surface area contributed by atoms with Crippen LogP contribution in [-0.4, -0.2) is 45.7 Å². The molecule has 10 heteroatoms. The molecule has 3 amide bonds. The van der Waals surface area contributed by atoms with Crippen molar-refractivity contribution in [1.82, 2.24) is 20.2 Å². The number of carbonyl (C=O) groups excluding carboxylic acids is 3. The molecular formula is C19H23N6O3S+. The number of nitrogens with zero attached hydrogens (tertiary/aromatic N) is 4. The minimum Gasteiger partial charge on any atom is -0.383 e. The molecule has 0 saturated heterocycles. The molecular weight excluding hydrogens is 392 g/mol. The van der Waals surface area contributed by atoms with Crippen LogP contribution in [0.5, 0.6) is 0 Å². The lowest BCUT2D eigenvalue weighted by molar-refractivity contribution is -0.689. The van der Waals surface area contributed by atoms with Crippen LogP contribution in [0.2, 0.25) is 0 Å². The maximum atomic E-state index is 12.0. The van der Waals surface area contributed by atoms with Crippen molar-refractivity contribution < 1.29 is 19.0 Å². The van der Waals surface area contributed by atoms with Crippen LogP contribution < -0.4 is 15.6 Å². The first-order valence-corrected chi connectivity index (χ1v) is 10.1. The van der Waals surface area contributed by atoms with Crippen LogP contribution in [0, 0.1) is 13.8 Å². The highest BCUT2D eigenvalue weighted by atomic mass is 32.1. The van der Waals surface area contributed by atoms with Crippen LogP contribution in [0.25, 0.3) is 0 Å². The molecule has 0 saturated carbocycles. The van der Waals surface area contributed by atoms with Crippen molar-refractivity contribution >= 4 is 34.9 Å². The number of aromatic nitrogens is 3. The molecule has 0 unspecified atom stereocenters. The van der Waals surface area contributed by atoms with E-state index in [0.29, 0.717) is 31.2 Å². The molecule has 2 aromatic rings. The molecule has 0 aliphatic carbocycles. The first kappa shape index (κ1) is 20.6. The molecule has 3 rings (SSSR count). The van der Waals surface area contributed by atoms with E-state index in [-0.39, 0.29) is 30.7 Å². The number of hydrogen-bond acceptors (Lipinski definition) is 7. The predicted octanol–water partition coefficient (Wildman–Crippen LogP) is 0.0467. The van der Waals surface area contributed by atoms with E-state index >= 15 is 0 Å². The van der Waals surface area contributed by atoms with Gasteiger partial charge in [-0.3, -0.25) is 19.3 Å². The van der Waals surface area contributed by atoms with Gasteiger partial charge in [0.2, 0.25) is 11.4 Å². The normalized spacial score (nSPS) is 13.4. The Morgan fingerprint density at radius 2 is 2.00 bits per heavy atom. The second kappa shape index (κ2) is 8.91. The highest BCUT2D eigenvalue weighted by Crippen LogP contribution is 2.14. The number of carbonyl (C=O) groups is 3. The minimum absolute atomic E-state index is 0.0918. The number of nitrogens with two attached hydrogens (primary N) is 1. The van der Waals surface area contributed by atoms with Crippen molar-refractivity contribution in [3.63, 3.8) is 0 Å². The zero-order valence-corrected chi connectivity index (χ0v) is 17.2. The summed E-state index contributed by atoms with van der Waals surface area (Å²) in [5, 5.41) is 2.84. The van der Waals surface area contributed by atoms with Crippen molar-refractivity contribution in [2.75, 3.05) is 18.8 Å². The third-order valence-electron chi connectivity index (χ3n) is 4.65. The lowest BCUT2D eigenvalue weighted by Gasteiger charge is -2.13. The Morgan fingerprint density at radius 1 is 1.28 bits per heavy atom. The Labute approximate surface area is 172 Å².